The Bertz CT molecular complexity index is 1640. The van der Waals surface area contributed by atoms with E-state index in [0.717, 1.165) is 148 Å². The second-order valence-corrected chi connectivity index (χ2v) is 21.6. The molecule has 0 radical (unpaired) electrons. The molecule has 6 heteroatoms. The highest BCUT2D eigenvalue weighted by atomic mass is 16.6. The molecule has 0 aromatic heterocycles. The van der Waals surface area contributed by atoms with Crippen LogP contribution in [0.1, 0.15) is 303 Å². The topological polar surface area (TPSA) is 78.9 Å². The van der Waals surface area contributed by atoms with Gasteiger partial charge in [0, 0.05) is 19.3 Å². The van der Waals surface area contributed by atoms with Crippen LogP contribution in [0, 0.1) is 0 Å². The van der Waals surface area contributed by atoms with Gasteiger partial charge in [0.15, 0.2) is 6.10 Å². The summed E-state index contributed by atoms with van der Waals surface area (Å²) in [6.07, 6.45) is 92.0. The van der Waals surface area contributed by atoms with E-state index in [1.165, 1.54) is 116 Å². The molecule has 0 saturated heterocycles. The van der Waals surface area contributed by atoms with E-state index in [4.69, 9.17) is 14.2 Å². The number of hydrogen-bond donors (Lipinski definition) is 0. The first-order chi connectivity index (χ1) is 39.0. The zero-order chi connectivity index (χ0) is 57.1. The predicted octanol–water partition coefficient (Wildman–Crippen LogP) is 22.8. The van der Waals surface area contributed by atoms with Gasteiger partial charge in [0.05, 0.1) is 0 Å². The summed E-state index contributed by atoms with van der Waals surface area (Å²) in [7, 11) is 0. The molecule has 79 heavy (non-hydrogen) atoms. The minimum atomic E-state index is -0.797. The van der Waals surface area contributed by atoms with Crippen molar-refractivity contribution in [2.45, 2.75) is 309 Å². The quantitative estimate of drug-likeness (QED) is 0.0261. The van der Waals surface area contributed by atoms with Crippen molar-refractivity contribution in [1.82, 2.24) is 0 Å². The molecule has 0 fully saturated rings. The van der Waals surface area contributed by atoms with Crippen LogP contribution in [0.5, 0.6) is 0 Å². The summed E-state index contributed by atoms with van der Waals surface area (Å²) in [6, 6.07) is 0. The Morgan fingerprint density at radius 2 is 0.494 bits per heavy atom. The maximum atomic E-state index is 12.9. The van der Waals surface area contributed by atoms with Crippen molar-refractivity contribution < 1.29 is 28.6 Å². The number of unbranched alkanes of at least 4 members (excludes halogenated alkanes) is 28. The first-order valence-corrected chi connectivity index (χ1v) is 33.0. The molecule has 0 N–H and O–H groups in total. The van der Waals surface area contributed by atoms with Crippen molar-refractivity contribution in [3.05, 3.63) is 122 Å². The van der Waals surface area contributed by atoms with Crippen LogP contribution in [0.15, 0.2) is 122 Å². The number of carbonyl (C=O) groups excluding carboxylic acids is 3. The Labute approximate surface area is 488 Å². The number of ether oxygens (including phenoxy) is 3. The lowest BCUT2D eigenvalue weighted by Gasteiger charge is -2.18. The summed E-state index contributed by atoms with van der Waals surface area (Å²) < 4.78 is 16.9. The Balaban J connectivity index is 4.45. The van der Waals surface area contributed by atoms with Crippen molar-refractivity contribution in [3.8, 4) is 0 Å². The van der Waals surface area contributed by atoms with Crippen LogP contribution in [-0.2, 0) is 28.6 Å². The van der Waals surface area contributed by atoms with E-state index in [2.05, 4.69) is 142 Å². The van der Waals surface area contributed by atoms with Crippen molar-refractivity contribution >= 4 is 17.9 Å². The Morgan fingerprint density at radius 3 is 0.772 bits per heavy atom. The van der Waals surface area contributed by atoms with Crippen molar-refractivity contribution in [2.75, 3.05) is 13.2 Å². The third-order valence-corrected chi connectivity index (χ3v) is 14.0. The van der Waals surface area contributed by atoms with E-state index in [1.54, 1.807) is 0 Å². The highest BCUT2D eigenvalue weighted by Crippen LogP contribution is 2.16. The van der Waals surface area contributed by atoms with Crippen LogP contribution in [0.4, 0.5) is 0 Å². The molecule has 0 aliphatic carbocycles. The molecule has 450 valence electrons. The van der Waals surface area contributed by atoms with Crippen molar-refractivity contribution in [1.29, 1.82) is 0 Å². The zero-order valence-electron chi connectivity index (χ0n) is 51.6. The number of allylic oxidation sites excluding steroid dienone is 20. The number of rotatable bonds is 59. The van der Waals surface area contributed by atoms with Crippen LogP contribution in [0.25, 0.3) is 0 Å². The Morgan fingerprint density at radius 1 is 0.266 bits per heavy atom. The van der Waals surface area contributed by atoms with Crippen molar-refractivity contribution in [3.63, 3.8) is 0 Å². The molecule has 1 unspecified atom stereocenters. The first kappa shape index (κ1) is 74.8. The van der Waals surface area contributed by atoms with Crippen LogP contribution in [0.2, 0.25) is 0 Å². The van der Waals surface area contributed by atoms with Gasteiger partial charge in [0.25, 0.3) is 0 Å². The van der Waals surface area contributed by atoms with Gasteiger partial charge in [-0.15, -0.1) is 0 Å². The predicted molar refractivity (Wildman–Crippen MR) is 343 cm³/mol. The van der Waals surface area contributed by atoms with Gasteiger partial charge in [0.2, 0.25) is 0 Å². The Kier molecular flexibility index (Phi) is 62.8. The summed E-state index contributed by atoms with van der Waals surface area (Å²) >= 11 is 0. The summed E-state index contributed by atoms with van der Waals surface area (Å²) in [4.78, 5) is 38.4. The van der Waals surface area contributed by atoms with Crippen molar-refractivity contribution in [2.24, 2.45) is 0 Å². The van der Waals surface area contributed by atoms with E-state index in [-0.39, 0.29) is 31.1 Å². The molecule has 0 aliphatic heterocycles. The average Bonchev–Trinajstić information content (AvgIpc) is 3.45. The minimum absolute atomic E-state index is 0.0896. The SMILES string of the molecule is CC/C=C\C/C=C\C/C=C\C/C=C\C/C=C\CCCCCCCCCC(=O)OCC(COC(=O)CCCCCCCCCCCCCCCCCCC)OC(=O)CCCCCCC/C=C\C/C=C\C/C=C\C/C=C\C/C=C\CC. The van der Waals surface area contributed by atoms with E-state index in [9.17, 15) is 14.4 Å². The highest BCUT2D eigenvalue weighted by Gasteiger charge is 2.19. The fourth-order valence-corrected chi connectivity index (χ4v) is 9.09. The van der Waals surface area contributed by atoms with Crippen LogP contribution < -0.4 is 0 Å². The monoisotopic (exact) mass is 1090 g/mol. The fourth-order valence-electron chi connectivity index (χ4n) is 9.09. The second kappa shape index (κ2) is 66.3. The lowest BCUT2D eigenvalue weighted by molar-refractivity contribution is -0.167. The highest BCUT2D eigenvalue weighted by molar-refractivity contribution is 5.71. The molecule has 0 amide bonds. The normalized spacial score (nSPS) is 12.9. The van der Waals surface area contributed by atoms with Gasteiger partial charge in [-0.05, 0) is 109 Å². The molecule has 6 nitrogen and oxygen atoms in total. The lowest BCUT2D eigenvalue weighted by atomic mass is 10.0. The molecule has 0 rings (SSSR count). The second-order valence-electron chi connectivity index (χ2n) is 21.6. The lowest BCUT2D eigenvalue weighted by Crippen LogP contribution is -2.30. The standard InChI is InChI=1S/C73H122O6/c1-4-7-10-13-16-19-22-25-28-31-33-35-36-38-39-42-45-48-51-54-57-60-63-66-72(75)78-69-70(68-77-71(74)65-62-59-56-53-50-47-44-41-30-27-24-21-18-15-12-9-6-3)79-73(76)67-64-61-58-55-52-49-46-43-40-37-34-32-29-26-23-20-17-14-11-8-5-2/h7-8,10-11,16-17,19-20,25-26,28-29,33-35,37-39,43,46,70H,4-6,9,12-15,18,21-24,27,30-32,36,40-42,44-45,47-69H2,1-3H3/b10-7-,11-8-,19-16-,20-17-,28-25-,29-26-,35-33-,37-34-,39-38-,46-43-. The molecular weight excluding hydrogens is 973 g/mol. The molecule has 0 heterocycles. The van der Waals surface area contributed by atoms with Gasteiger partial charge in [-0.3, -0.25) is 14.4 Å². The van der Waals surface area contributed by atoms with E-state index in [1.807, 2.05) is 0 Å². The third-order valence-electron chi connectivity index (χ3n) is 14.0. The minimum Gasteiger partial charge on any atom is -0.462 e. The molecule has 0 bridgehead atoms. The summed E-state index contributed by atoms with van der Waals surface area (Å²) in [5.74, 6) is -0.911. The van der Waals surface area contributed by atoms with E-state index < -0.39 is 6.10 Å². The smallest absolute Gasteiger partial charge is 0.306 e. The zero-order valence-corrected chi connectivity index (χ0v) is 51.6. The average molecular weight is 1100 g/mol. The molecule has 0 aliphatic rings. The van der Waals surface area contributed by atoms with Gasteiger partial charge in [-0.1, -0.05) is 296 Å². The van der Waals surface area contributed by atoms with E-state index >= 15 is 0 Å². The molecule has 0 spiro atoms. The van der Waals surface area contributed by atoms with E-state index in [0.29, 0.717) is 19.3 Å². The van der Waals surface area contributed by atoms with Gasteiger partial charge in [-0.2, -0.15) is 0 Å². The maximum Gasteiger partial charge on any atom is 0.306 e. The number of carbonyl (C=O) groups is 3. The first-order valence-electron chi connectivity index (χ1n) is 33.0. The number of hydrogen-bond acceptors (Lipinski definition) is 6. The third kappa shape index (κ3) is 64.5. The summed E-state index contributed by atoms with van der Waals surface area (Å²) in [6.45, 7) is 6.42. The largest absolute Gasteiger partial charge is 0.462 e. The van der Waals surface area contributed by atoms with Gasteiger partial charge in [-0.25, -0.2) is 0 Å². The maximum absolute atomic E-state index is 12.9. The van der Waals surface area contributed by atoms with Crippen LogP contribution >= 0.6 is 0 Å². The molecule has 1 atom stereocenters. The summed E-state index contributed by atoms with van der Waals surface area (Å²) in [5.41, 5.74) is 0. The van der Waals surface area contributed by atoms with Gasteiger partial charge in [0.1, 0.15) is 13.2 Å². The molecular formula is C73H122O6. The van der Waals surface area contributed by atoms with Crippen LogP contribution in [-0.4, -0.2) is 37.2 Å². The van der Waals surface area contributed by atoms with Gasteiger partial charge < -0.3 is 14.2 Å². The molecule has 0 saturated carbocycles. The van der Waals surface area contributed by atoms with Crippen LogP contribution in [0.3, 0.4) is 0 Å². The van der Waals surface area contributed by atoms with Gasteiger partial charge >= 0.3 is 17.9 Å². The Hall–Kier alpha value is -4.19. The summed E-state index contributed by atoms with van der Waals surface area (Å²) in [5, 5.41) is 0. The number of esters is 3. The molecule has 0 aromatic carbocycles. The molecule has 0 aromatic rings. The fraction of sp³-hybridized carbons (Fsp3) is 0.685.